The van der Waals surface area contributed by atoms with Crippen LogP contribution in [0.5, 0.6) is 23.0 Å². The van der Waals surface area contributed by atoms with Crippen LogP contribution in [0, 0.1) is 0 Å². The topological polar surface area (TPSA) is 95.1 Å². The molecule has 0 aliphatic heterocycles. The molecule has 2 rings (SSSR count). The second-order valence-electron chi connectivity index (χ2n) is 5.95. The fourth-order valence-corrected chi connectivity index (χ4v) is 2.74. The number of benzene rings is 2. The van der Waals surface area contributed by atoms with E-state index in [1.807, 2.05) is 13.0 Å². The van der Waals surface area contributed by atoms with Crippen molar-refractivity contribution in [2.24, 2.45) is 0 Å². The van der Waals surface area contributed by atoms with Gasteiger partial charge in [0, 0.05) is 12.0 Å². The van der Waals surface area contributed by atoms with E-state index in [4.69, 9.17) is 18.9 Å². The van der Waals surface area contributed by atoms with Crippen molar-refractivity contribution in [3.05, 3.63) is 47.5 Å². The molecule has 0 saturated carbocycles. The van der Waals surface area contributed by atoms with Crippen molar-refractivity contribution in [2.45, 2.75) is 19.8 Å². The second-order valence-corrected chi connectivity index (χ2v) is 5.95. The molecule has 0 aliphatic carbocycles. The van der Waals surface area contributed by atoms with Gasteiger partial charge in [0.2, 0.25) is 11.7 Å². The van der Waals surface area contributed by atoms with E-state index in [0.29, 0.717) is 41.6 Å². The number of hydrogen-bond acceptors (Lipinski definition) is 6. The van der Waals surface area contributed by atoms with Crippen molar-refractivity contribution < 1.29 is 28.5 Å². The molecule has 156 valence electrons. The Hall–Kier alpha value is -3.42. The lowest BCUT2D eigenvalue weighted by Crippen LogP contribution is -2.41. The van der Waals surface area contributed by atoms with Crippen LogP contribution in [0.4, 0.5) is 0 Å². The monoisotopic (exact) mass is 402 g/mol. The van der Waals surface area contributed by atoms with Crippen LogP contribution in [0.2, 0.25) is 0 Å². The van der Waals surface area contributed by atoms with Crippen LogP contribution in [0.3, 0.4) is 0 Å². The summed E-state index contributed by atoms with van der Waals surface area (Å²) in [5, 5.41) is 0. The Morgan fingerprint density at radius 1 is 0.862 bits per heavy atom. The zero-order chi connectivity index (χ0) is 21.2. The Balaban J connectivity index is 1.90. The lowest BCUT2D eigenvalue weighted by molar-refractivity contribution is -0.121. The van der Waals surface area contributed by atoms with Crippen molar-refractivity contribution in [2.75, 3.05) is 27.9 Å². The molecule has 0 radical (unpaired) electrons. The molecule has 0 fully saturated rings. The first-order chi connectivity index (χ1) is 14.0. The van der Waals surface area contributed by atoms with E-state index in [1.165, 1.54) is 21.3 Å². The largest absolute Gasteiger partial charge is 0.494 e. The third kappa shape index (κ3) is 5.78. The summed E-state index contributed by atoms with van der Waals surface area (Å²) in [7, 11) is 4.59. The summed E-state index contributed by atoms with van der Waals surface area (Å²) >= 11 is 0. The van der Waals surface area contributed by atoms with Gasteiger partial charge in [0.15, 0.2) is 11.5 Å². The Labute approximate surface area is 170 Å². The first kappa shape index (κ1) is 21.9. The average Bonchev–Trinajstić information content (AvgIpc) is 2.75. The molecule has 29 heavy (non-hydrogen) atoms. The molecule has 8 nitrogen and oxygen atoms in total. The van der Waals surface area contributed by atoms with Gasteiger partial charge in [-0.3, -0.25) is 20.4 Å². The Bertz CT molecular complexity index is 836. The molecule has 0 aliphatic rings. The highest BCUT2D eigenvalue weighted by molar-refractivity contribution is 5.95. The van der Waals surface area contributed by atoms with Crippen LogP contribution in [-0.2, 0) is 11.2 Å². The maximum Gasteiger partial charge on any atom is 0.269 e. The highest BCUT2D eigenvalue weighted by Crippen LogP contribution is 2.40. The summed E-state index contributed by atoms with van der Waals surface area (Å²) in [5.41, 5.74) is 6.02. The number of ether oxygens (including phenoxy) is 4. The van der Waals surface area contributed by atoms with Crippen LogP contribution in [0.1, 0.15) is 29.3 Å². The van der Waals surface area contributed by atoms with Gasteiger partial charge in [-0.25, -0.2) is 0 Å². The summed E-state index contributed by atoms with van der Waals surface area (Å²) in [6.07, 6.45) is 0.545. The number of nitrogens with one attached hydrogen (secondary N) is 2. The lowest BCUT2D eigenvalue weighted by Gasteiger charge is -2.15. The van der Waals surface area contributed by atoms with E-state index >= 15 is 0 Å². The van der Waals surface area contributed by atoms with Crippen molar-refractivity contribution in [3.63, 3.8) is 0 Å². The Kier molecular flexibility index (Phi) is 8.14. The molecule has 0 bridgehead atoms. The van der Waals surface area contributed by atoms with Gasteiger partial charge in [0.25, 0.3) is 5.91 Å². The fourth-order valence-electron chi connectivity index (χ4n) is 2.74. The lowest BCUT2D eigenvalue weighted by atomic mass is 10.1. The van der Waals surface area contributed by atoms with E-state index in [1.54, 1.807) is 30.3 Å². The van der Waals surface area contributed by atoms with E-state index in [-0.39, 0.29) is 12.3 Å². The predicted octanol–water partition coefficient (Wildman–Crippen LogP) is 2.50. The zero-order valence-corrected chi connectivity index (χ0v) is 17.0. The minimum Gasteiger partial charge on any atom is -0.494 e. The summed E-state index contributed by atoms with van der Waals surface area (Å²) < 4.78 is 21.3. The van der Waals surface area contributed by atoms with Gasteiger partial charge in [-0.2, -0.15) is 0 Å². The molecule has 0 atom stereocenters. The molecule has 0 saturated heterocycles. The molecular weight excluding hydrogens is 376 g/mol. The number of carbonyl (C=O) groups excluding carboxylic acids is 2. The average molecular weight is 402 g/mol. The van der Waals surface area contributed by atoms with Crippen molar-refractivity contribution in [3.8, 4) is 23.0 Å². The van der Waals surface area contributed by atoms with Crippen LogP contribution in [0.25, 0.3) is 0 Å². The smallest absolute Gasteiger partial charge is 0.269 e. The van der Waals surface area contributed by atoms with Crippen LogP contribution < -0.4 is 29.8 Å². The maximum atomic E-state index is 12.1. The molecule has 2 aromatic rings. The number of amides is 2. The molecule has 2 N–H and O–H groups in total. The molecule has 0 aromatic heterocycles. The highest BCUT2D eigenvalue weighted by Gasteiger charge is 2.16. The fraction of sp³-hybridized carbons (Fsp3) is 0.333. The molecule has 0 spiro atoms. The van der Waals surface area contributed by atoms with Gasteiger partial charge in [-0.1, -0.05) is 6.07 Å². The molecule has 8 heteroatoms. The second kappa shape index (κ2) is 10.8. The molecular formula is C21H26N2O6. The van der Waals surface area contributed by atoms with Crippen LogP contribution >= 0.6 is 0 Å². The van der Waals surface area contributed by atoms with Crippen LogP contribution in [-0.4, -0.2) is 39.8 Å². The van der Waals surface area contributed by atoms with Crippen molar-refractivity contribution in [1.29, 1.82) is 0 Å². The number of hydrazine groups is 1. The van der Waals surface area contributed by atoms with Gasteiger partial charge in [-0.15, -0.1) is 0 Å². The standard InChI is InChI=1S/C21H26N2O6/c1-5-29-16-10-6-15(7-11-16)21(25)23-22-18(24)13-9-14-8-12-17(26-2)20(28-4)19(14)27-3/h6-8,10-12H,5,9,13H2,1-4H3,(H,22,24)(H,23,25). The Morgan fingerprint density at radius 3 is 2.14 bits per heavy atom. The zero-order valence-electron chi connectivity index (χ0n) is 17.0. The van der Waals surface area contributed by atoms with E-state index < -0.39 is 5.91 Å². The van der Waals surface area contributed by atoms with Gasteiger partial charge in [-0.05, 0) is 49.2 Å². The third-order valence-corrected chi connectivity index (χ3v) is 4.15. The van der Waals surface area contributed by atoms with Gasteiger partial charge in [0.05, 0.1) is 27.9 Å². The van der Waals surface area contributed by atoms with E-state index in [0.717, 1.165) is 5.56 Å². The summed E-state index contributed by atoms with van der Waals surface area (Å²) in [6, 6.07) is 10.2. The maximum absolute atomic E-state index is 12.1. The minimum absolute atomic E-state index is 0.148. The normalized spacial score (nSPS) is 10.1. The van der Waals surface area contributed by atoms with Crippen molar-refractivity contribution in [1.82, 2.24) is 10.9 Å². The van der Waals surface area contributed by atoms with E-state index in [2.05, 4.69) is 10.9 Å². The van der Waals surface area contributed by atoms with E-state index in [9.17, 15) is 9.59 Å². The Morgan fingerprint density at radius 2 is 1.55 bits per heavy atom. The SMILES string of the molecule is CCOc1ccc(C(=O)NNC(=O)CCc2ccc(OC)c(OC)c2OC)cc1. The predicted molar refractivity (Wildman–Crippen MR) is 108 cm³/mol. The number of rotatable bonds is 9. The van der Waals surface area contributed by atoms with Gasteiger partial charge >= 0.3 is 0 Å². The summed E-state index contributed by atoms with van der Waals surface area (Å²) in [6.45, 7) is 2.43. The molecule has 0 heterocycles. The first-order valence-corrected chi connectivity index (χ1v) is 9.13. The quantitative estimate of drug-likeness (QED) is 0.626. The highest BCUT2D eigenvalue weighted by atomic mass is 16.5. The molecule has 2 amide bonds. The van der Waals surface area contributed by atoms with Crippen molar-refractivity contribution >= 4 is 11.8 Å². The third-order valence-electron chi connectivity index (χ3n) is 4.15. The number of carbonyl (C=O) groups is 2. The summed E-state index contributed by atoms with van der Waals surface area (Å²) in [4.78, 5) is 24.3. The molecule has 2 aromatic carbocycles. The number of methoxy groups -OCH3 is 3. The molecule has 0 unspecified atom stereocenters. The summed E-state index contributed by atoms with van der Waals surface area (Å²) in [5.74, 6) is 1.46. The van der Waals surface area contributed by atoms with Gasteiger partial charge in [0.1, 0.15) is 5.75 Å². The van der Waals surface area contributed by atoms with Crippen LogP contribution in [0.15, 0.2) is 36.4 Å². The van der Waals surface area contributed by atoms with Gasteiger partial charge < -0.3 is 18.9 Å². The number of hydrogen-bond donors (Lipinski definition) is 2. The number of aryl methyl sites for hydroxylation is 1. The minimum atomic E-state index is -0.412. The first-order valence-electron chi connectivity index (χ1n) is 9.13.